The first-order chi connectivity index (χ1) is 7.70. The number of aliphatic hydroxyl groups is 1. The van der Waals surface area contributed by atoms with Crippen molar-refractivity contribution in [1.82, 2.24) is 0 Å². The maximum absolute atomic E-state index is 8.72. The molecule has 0 rings (SSSR count). The van der Waals surface area contributed by atoms with Gasteiger partial charge in [-0.2, -0.15) is 0 Å². The Kier molecular flexibility index (Phi) is 10.6. The van der Waals surface area contributed by atoms with Crippen molar-refractivity contribution in [3.05, 3.63) is 23.3 Å². The minimum Gasteiger partial charge on any atom is -0.392 e. The summed E-state index contributed by atoms with van der Waals surface area (Å²) in [5.41, 5.74) is 2.81. The molecule has 0 aromatic rings. The highest BCUT2D eigenvalue weighted by Gasteiger charge is 1.92. The van der Waals surface area contributed by atoms with Crippen LogP contribution in [0.2, 0.25) is 0 Å². The second kappa shape index (κ2) is 10.9. The van der Waals surface area contributed by atoms with E-state index in [1.807, 2.05) is 6.08 Å². The van der Waals surface area contributed by atoms with Gasteiger partial charge in [0.15, 0.2) is 0 Å². The SMILES string of the molecule is CCCCCCC(C)=CCCC(C)=CCO. The molecule has 0 radical (unpaired) electrons. The van der Waals surface area contributed by atoms with Gasteiger partial charge < -0.3 is 5.11 Å². The number of allylic oxidation sites excluding steroid dienone is 3. The monoisotopic (exact) mass is 224 g/mol. The Morgan fingerprint density at radius 1 is 0.938 bits per heavy atom. The van der Waals surface area contributed by atoms with Crippen LogP contribution in [-0.4, -0.2) is 11.7 Å². The molecule has 0 aromatic heterocycles. The van der Waals surface area contributed by atoms with Crippen LogP contribution >= 0.6 is 0 Å². The van der Waals surface area contributed by atoms with Gasteiger partial charge in [-0.25, -0.2) is 0 Å². The summed E-state index contributed by atoms with van der Waals surface area (Å²) in [4.78, 5) is 0. The summed E-state index contributed by atoms with van der Waals surface area (Å²) >= 11 is 0. The number of unbranched alkanes of at least 4 members (excludes halogenated alkanes) is 3. The first-order valence-electron chi connectivity index (χ1n) is 6.62. The molecule has 0 fully saturated rings. The number of rotatable bonds is 9. The third-order valence-corrected chi connectivity index (χ3v) is 2.90. The van der Waals surface area contributed by atoms with E-state index in [-0.39, 0.29) is 6.61 Å². The van der Waals surface area contributed by atoms with Crippen LogP contribution in [0.25, 0.3) is 0 Å². The van der Waals surface area contributed by atoms with Crippen molar-refractivity contribution >= 4 is 0 Å². The first kappa shape index (κ1) is 15.4. The molecule has 0 unspecified atom stereocenters. The topological polar surface area (TPSA) is 20.2 Å². The minimum absolute atomic E-state index is 0.172. The molecule has 0 aromatic carbocycles. The van der Waals surface area contributed by atoms with Gasteiger partial charge in [-0.1, -0.05) is 49.5 Å². The minimum atomic E-state index is 0.172. The average Bonchev–Trinajstić information content (AvgIpc) is 2.25. The summed E-state index contributed by atoms with van der Waals surface area (Å²) in [6.07, 6.45) is 13.1. The fourth-order valence-corrected chi connectivity index (χ4v) is 1.74. The fourth-order valence-electron chi connectivity index (χ4n) is 1.74. The Balaban J connectivity index is 3.58. The van der Waals surface area contributed by atoms with E-state index in [2.05, 4.69) is 26.8 Å². The smallest absolute Gasteiger partial charge is 0.0614 e. The molecule has 0 heterocycles. The molecule has 0 saturated heterocycles. The lowest BCUT2D eigenvalue weighted by Crippen LogP contribution is -1.83. The van der Waals surface area contributed by atoms with Gasteiger partial charge in [0.2, 0.25) is 0 Å². The normalized spacial score (nSPS) is 13.2. The highest BCUT2D eigenvalue weighted by Crippen LogP contribution is 2.12. The van der Waals surface area contributed by atoms with Crippen LogP contribution in [-0.2, 0) is 0 Å². The fraction of sp³-hybridized carbons (Fsp3) is 0.733. The van der Waals surface area contributed by atoms with Gasteiger partial charge in [-0.05, 0) is 39.5 Å². The second-order valence-electron chi connectivity index (χ2n) is 4.63. The predicted octanol–water partition coefficient (Wildman–Crippen LogP) is 4.62. The largest absolute Gasteiger partial charge is 0.392 e. The molecule has 0 aliphatic carbocycles. The number of aliphatic hydroxyl groups excluding tert-OH is 1. The van der Waals surface area contributed by atoms with Crippen LogP contribution in [0.4, 0.5) is 0 Å². The summed E-state index contributed by atoms with van der Waals surface area (Å²) in [7, 11) is 0. The zero-order valence-electron chi connectivity index (χ0n) is 11.3. The van der Waals surface area contributed by atoms with E-state index >= 15 is 0 Å². The van der Waals surface area contributed by atoms with E-state index in [4.69, 9.17) is 5.11 Å². The van der Waals surface area contributed by atoms with E-state index in [9.17, 15) is 0 Å². The van der Waals surface area contributed by atoms with Crippen LogP contribution in [0.1, 0.15) is 65.7 Å². The molecule has 0 atom stereocenters. The van der Waals surface area contributed by atoms with Crippen molar-refractivity contribution in [2.45, 2.75) is 65.7 Å². The standard InChI is InChI=1S/C15H28O/c1-4-5-6-7-9-14(2)10-8-11-15(3)12-13-16/h10,12,16H,4-9,11,13H2,1-3H3. The van der Waals surface area contributed by atoms with Gasteiger partial charge in [0, 0.05) is 0 Å². The molecule has 1 heteroatoms. The zero-order chi connectivity index (χ0) is 12.2. The van der Waals surface area contributed by atoms with Crippen LogP contribution in [0.3, 0.4) is 0 Å². The summed E-state index contributed by atoms with van der Waals surface area (Å²) in [6.45, 7) is 6.74. The molecule has 0 aliphatic heterocycles. The zero-order valence-corrected chi connectivity index (χ0v) is 11.3. The van der Waals surface area contributed by atoms with Gasteiger partial charge in [0.1, 0.15) is 0 Å². The Hall–Kier alpha value is -0.560. The first-order valence-corrected chi connectivity index (χ1v) is 6.62. The quantitative estimate of drug-likeness (QED) is 0.447. The lowest BCUT2D eigenvalue weighted by molar-refractivity contribution is 0.341. The van der Waals surface area contributed by atoms with Crippen molar-refractivity contribution in [2.24, 2.45) is 0 Å². The van der Waals surface area contributed by atoms with E-state index in [1.54, 1.807) is 0 Å². The molecule has 0 aliphatic rings. The molecule has 1 N–H and O–H groups in total. The third kappa shape index (κ3) is 9.97. The van der Waals surface area contributed by atoms with Crippen LogP contribution in [0, 0.1) is 0 Å². The van der Waals surface area contributed by atoms with Crippen molar-refractivity contribution < 1.29 is 5.11 Å². The Labute approximate surface area is 101 Å². The van der Waals surface area contributed by atoms with Crippen LogP contribution in [0.5, 0.6) is 0 Å². The van der Waals surface area contributed by atoms with Crippen molar-refractivity contribution in [2.75, 3.05) is 6.61 Å². The highest BCUT2D eigenvalue weighted by atomic mass is 16.2. The van der Waals surface area contributed by atoms with E-state index in [0.29, 0.717) is 0 Å². The van der Waals surface area contributed by atoms with Crippen LogP contribution in [0.15, 0.2) is 23.3 Å². The molecular weight excluding hydrogens is 196 g/mol. The third-order valence-electron chi connectivity index (χ3n) is 2.90. The Bertz CT molecular complexity index is 213. The van der Waals surface area contributed by atoms with Gasteiger partial charge in [-0.3, -0.25) is 0 Å². The second-order valence-corrected chi connectivity index (χ2v) is 4.63. The molecule has 1 nitrogen and oxygen atoms in total. The maximum Gasteiger partial charge on any atom is 0.0614 e. The van der Waals surface area contributed by atoms with Gasteiger partial charge >= 0.3 is 0 Å². The molecule has 94 valence electrons. The number of hydrogen-bond acceptors (Lipinski definition) is 1. The van der Waals surface area contributed by atoms with E-state index < -0.39 is 0 Å². The summed E-state index contributed by atoms with van der Waals surface area (Å²) in [5.74, 6) is 0. The summed E-state index contributed by atoms with van der Waals surface area (Å²) < 4.78 is 0. The molecule has 0 bridgehead atoms. The summed E-state index contributed by atoms with van der Waals surface area (Å²) in [6, 6.07) is 0. The van der Waals surface area contributed by atoms with Gasteiger partial charge in [0.05, 0.1) is 6.61 Å². The number of hydrogen-bond donors (Lipinski definition) is 1. The van der Waals surface area contributed by atoms with E-state index in [1.165, 1.54) is 43.3 Å². The molecule has 0 amide bonds. The maximum atomic E-state index is 8.72. The summed E-state index contributed by atoms with van der Waals surface area (Å²) in [5, 5.41) is 8.72. The van der Waals surface area contributed by atoms with Gasteiger partial charge in [0.25, 0.3) is 0 Å². The van der Waals surface area contributed by atoms with Crippen molar-refractivity contribution in [3.8, 4) is 0 Å². The average molecular weight is 224 g/mol. The molecular formula is C15H28O. The molecule has 0 saturated carbocycles. The van der Waals surface area contributed by atoms with Crippen LogP contribution < -0.4 is 0 Å². The lowest BCUT2D eigenvalue weighted by atomic mass is 10.0. The van der Waals surface area contributed by atoms with Crippen molar-refractivity contribution in [3.63, 3.8) is 0 Å². The Morgan fingerprint density at radius 3 is 2.25 bits per heavy atom. The lowest BCUT2D eigenvalue weighted by Gasteiger charge is -2.02. The molecule has 0 spiro atoms. The Morgan fingerprint density at radius 2 is 1.62 bits per heavy atom. The predicted molar refractivity (Wildman–Crippen MR) is 72.6 cm³/mol. The molecule has 16 heavy (non-hydrogen) atoms. The van der Waals surface area contributed by atoms with Crippen molar-refractivity contribution in [1.29, 1.82) is 0 Å². The van der Waals surface area contributed by atoms with E-state index in [0.717, 1.165) is 12.8 Å². The van der Waals surface area contributed by atoms with Gasteiger partial charge in [-0.15, -0.1) is 0 Å². The highest BCUT2D eigenvalue weighted by molar-refractivity contribution is 5.03.